The van der Waals surface area contributed by atoms with E-state index in [1.54, 1.807) is 7.11 Å². The number of aliphatic hydroxyl groups is 1. The van der Waals surface area contributed by atoms with Gasteiger partial charge in [-0.25, -0.2) is 4.57 Å². The van der Waals surface area contributed by atoms with E-state index in [9.17, 15) is 5.11 Å². The number of aromatic nitrogens is 1. The fourth-order valence-electron chi connectivity index (χ4n) is 3.53. The predicted molar refractivity (Wildman–Crippen MR) is 102 cm³/mol. The van der Waals surface area contributed by atoms with E-state index in [2.05, 4.69) is 4.57 Å². The van der Waals surface area contributed by atoms with Gasteiger partial charge in [-0.3, -0.25) is 0 Å². The van der Waals surface area contributed by atoms with Crippen molar-refractivity contribution in [3.8, 4) is 5.75 Å². The van der Waals surface area contributed by atoms with Crippen LogP contribution in [0.25, 0.3) is 0 Å². The molecule has 1 atom stereocenters. The maximum absolute atomic E-state index is 11.6. The number of benzene rings is 2. The quantitative estimate of drug-likeness (QED) is 0.714. The van der Waals surface area contributed by atoms with Gasteiger partial charge in [0.05, 0.1) is 13.3 Å². The maximum Gasteiger partial charge on any atom is 0.284 e. The molecule has 132 valence electrons. The molecule has 0 fully saturated rings. The minimum atomic E-state index is -1.07. The fourth-order valence-corrected chi connectivity index (χ4v) is 3.65. The van der Waals surface area contributed by atoms with Gasteiger partial charge in [-0.1, -0.05) is 29.8 Å². The zero-order valence-corrected chi connectivity index (χ0v) is 15.2. The molecule has 0 saturated heterocycles. The fraction of sp³-hybridized carbons (Fsp3) is 0.190. The smallest absolute Gasteiger partial charge is 0.284 e. The normalized spacial score (nSPS) is 18.7. The maximum atomic E-state index is 11.6. The van der Waals surface area contributed by atoms with Crippen molar-refractivity contribution in [2.24, 2.45) is 0 Å². The van der Waals surface area contributed by atoms with Crippen molar-refractivity contribution in [3.05, 3.63) is 83.5 Å². The molecule has 0 unspecified atom stereocenters. The van der Waals surface area contributed by atoms with Gasteiger partial charge in [-0.05, 0) is 48.0 Å². The van der Waals surface area contributed by atoms with Crippen LogP contribution in [0.5, 0.6) is 5.75 Å². The summed E-state index contributed by atoms with van der Waals surface area (Å²) in [5.74, 6) is 1.74. The number of nitrogens with zero attached hydrogens (tertiary/aromatic N) is 2. The molecule has 0 spiro atoms. The number of hydrogen-bond acceptors (Lipinski definition) is 3. The molecule has 3 aromatic rings. The largest absolute Gasteiger partial charge is 0.497 e. The summed E-state index contributed by atoms with van der Waals surface area (Å²) in [5.41, 5.74) is 0.875. The summed E-state index contributed by atoms with van der Waals surface area (Å²) in [6, 6.07) is 21.3. The Bertz CT molecular complexity index is 912. The Balaban J connectivity index is 1.75. The SMILES string of the molecule is COc1ccc(N2c3cccc[n+]3C[C@]2(O)Cc2ccc(Cl)cc2)cc1. The first-order valence-electron chi connectivity index (χ1n) is 8.49. The van der Waals surface area contributed by atoms with Crippen LogP contribution in [0.15, 0.2) is 72.9 Å². The molecule has 0 radical (unpaired) electrons. The minimum absolute atomic E-state index is 0.484. The van der Waals surface area contributed by atoms with Gasteiger partial charge in [0, 0.05) is 17.5 Å². The second-order valence-corrected chi connectivity index (χ2v) is 6.94. The van der Waals surface area contributed by atoms with E-state index in [0.29, 0.717) is 18.0 Å². The molecule has 0 saturated carbocycles. The Kier molecular flexibility index (Phi) is 4.31. The van der Waals surface area contributed by atoms with E-state index in [0.717, 1.165) is 22.8 Å². The molecule has 0 amide bonds. The highest BCUT2D eigenvalue weighted by Gasteiger charge is 2.51. The van der Waals surface area contributed by atoms with Crippen LogP contribution in [0.3, 0.4) is 0 Å². The van der Waals surface area contributed by atoms with Crippen LogP contribution >= 0.6 is 11.6 Å². The summed E-state index contributed by atoms with van der Waals surface area (Å²) >= 11 is 6.00. The lowest BCUT2D eigenvalue weighted by atomic mass is 10.0. The van der Waals surface area contributed by atoms with Crippen molar-refractivity contribution in [1.82, 2.24) is 0 Å². The second-order valence-electron chi connectivity index (χ2n) is 6.51. The molecule has 26 heavy (non-hydrogen) atoms. The first-order chi connectivity index (χ1) is 12.6. The van der Waals surface area contributed by atoms with Gasteiger partial charge in [-0.15, -0.1) is 0 Å². The van der Waals surface area contributed by atoms with Crippen molar-refractivity contribution >= 4 is 23.1 Å². The van der Waals surface area contributed by atoms with Gasteiger partial charge in [0.1, 0.15) is 11.4 Å². The van der Waals surface area contributed by atoms with E-state index >= 15 is 0 Å². The number of ether oxygens (including phenoxy) is 1. The lowest BCUT2D eigenvalue weighted by Crippen LogP contribution is -2.48. The van der Waals surface area contributed by atoms with E-state index in [1.165, 1.54) is 0 Å². The van der Waals surface area contributed by atoms with Crippen LogP contribution in [-0.4, -0.2) is 17.9 Å². The van der Waals surface area contributed by atoms with Crippen LogP contribution in [0.4, 0.5) is 11.5 Å². The summed E-state index contributed by atoms with van der Waals surface area (Å²) in [4.78, 5) is 1.99. The summed E-state index contributed by atoms with van der Waals surface area (Å²) in [5, 5.41) is 12.3. The minimum Gasteiger partial charge on any atom is -0.497 e. The van der Waals surface area contributed by atoms with E-state index in [1.807, 2.05) is 77.8 Å². The van der Waals surface area contributed by atoms with Gasteiger partial charge in [-0.2, -0.15) is 4.90 Å². The van der Waals surface area contributed by atoms with Gasteiger partial charge >= 0.3 is 0 Å². The van der Waals surface area contributed by atoms with Crippen LogP contribution in [-0.2, 0) is 13.0 Å². The number of fused-ring (bicyclic) bond motifs is 1. The Hall–Kier alpha value is -2.56. The zero-order chi connectivity index (χ0) is 18.1. The number of halogens is 1. The Morgan fingerprint density at radius 1 is 1.08 bits per heavy atom. The average molecular weight is 368 g/mol. The van der Waals surface area contributed by atoms with Crippen molar-refractivity contribution in [1.29, 1.82) is 0 Å². The second kappa shape index (κ2) is 6.63. The zero-order valence-electron chi connectivity index (χ0n) is 14.5. The molecule has 2 heterocycles. The molecule has 1 aliphatic heterocycles. The molecule has 1 N–H and O–H groups in total. The Morgan fingerprint density at radius 2 is 1.81 bits per heavy atom. The first-order valence-corrected chi connectivity index (χ1v) is 8.86. The molecule has 4 nitrogen and oxygen atoms in total. The van der Waals surface area contributed by atoms with Gasteiger partial charge in [0.2, 0.25) is 0 Å². The standard InChI is InChI=1S/C21H20ClN2O2/c1-26-19-11-9-18(10-12-19)24-20-4-2-3-13-23(20)15-21(24,25)14-16-5-7-17(22)8-6-16/h2-13,25H,14-15H2,1H3/q+1/t21-/m1/s1. The molecular weight excluding hydrogens is 348 g/mol. The van der Waals surface area contributed by atoms with E-state index in [-0.39, 0.29) is 0 Å². The van der Waals surface area contributed by atoms with Crippen molar-refractivity contribution < 1.29 is 14.4 Å². The molecule has 2 aromatic carbocycles. The Labute approximate surface area is 157 Å². The van der Waals surface area contributed by atoms with Crippen LogP contribution < -0.4 is 14.2 Å². The molecule has 0 aliphatic carbocycles. The molecule has 0 bridgehead atoms. The van der Waals surface area contributed by atoms with Crippen LogP contribution in [0.1, 0.15) is 5.56 Å². The van der Waals surface area contributed by atoms with Crippen molar-refractivity contribution in [2.45, 2.75) is 18.7 Å². The third kappa shape index (κ3) is 3.02. The highest BCUT2D eigenvalue weighted by molar-refractivity contribution is 6.30. The molecular formula is C21H20ClN2O2+. The summed E-state index contributed by atoms with van der Waals surface area (Å²) in [6.45, 7) is 0.484. The molecule has 1 aliphatic rings. The van der Waals surface area contributed by atoms with Crippen LogP contribution in [0.2, 0.25) is 5.02 Å². The highest BCUT2D eigenvalue weighted by Crippen LogP contribution is 2.37. The van der Waals surface area contributed by atoms with Crippen molar-refractivity contribution in [2.75, 3.05) is 12.0 Å². The first kappa shape index (κ1) is 16.9. The summed E-state index contributed by atoms with van der Waals surface area (Å²) < 4.78 is 7.33. The third-order valence-corrected chi connectivity index (χ3v) is 4.97. The molecule has 1 aromatic heterocycles. The van der Waals surface area contributed by atoms with E-state index in [4.69, 9.17) is 16.3 Å². The van der Waals surface area contributed by atoms with Gasteiger partial charge < -0.3 is 9.84 Å². The number of pyridine rings is 1. The lowest BCUT2D eigenvalue weighted by Gasteiger charge is -2.27. The van der Waals surface area contributed by atoms with E-state index < -0.39 is 5.72 Å². The number of rotatable bonds is 4. The lowest BCUT2D eigenvalue weighted by molar-refractivity contribution is -0.682. The van der Waals surface area contributed by atoms with Gasteiger partial charge in [0.15, 0.2) is 6.54 Å². The summed E-state index contributed by atoms with van der Waals surface area (Å²) in [7, 11) is 1.65. The number of hydrogen-bond donors (Lipinski definition) is 1. The summed E-state index contributed by atoms with van der Waals surface area (Å²) in [6.07, 6.45) is 2.48. The van der Waals surface area contributed by atoms with Crippen molar-refractivity contribution in [3.63, 3.8) is 0 Å². The monoisotopic (exact) mass is 367 g/mol. The average Bonchev–Trinajstić information content (AvgIpc) is 2.95. The highest BCUT2D eigenvalue weighted by atomic mass is 35.5. The molecule has 5 heteroatoms. The predicted octanol–water partition coefficient (Wildman–Crippen LogP) is 3.72. The molecule has 4 rings (SSSR count). The van der Waals surface area contributed by atoms with Crippen LogP contribution in [0, 0.1) is 0 Å². The number of anilines is 2. The van der Waals surface area contributed by atoms with Gasteiger partial charge in [0.25, 0.3) is 11.5 Å². The topological polar surface area (TPSA) is 36.6 Å². The third-order valence-electron chi connectivity index (χ3n) is 4.72. The number of methoxy groups -OCH3 is 1. The Morgan fingerprint density at radius 3 is 2.50 bits per heavy atom.